The van der Waals surface area contributed by atoms with E-state index in [2.05, 4.69) is 10.6 Å². The maximum absolute atomic E-state index is 12.7. The second kappa shape index (κ2) is 8.01. The number of benzene rings is 1. The van der Waals surface area contributed by atoms with Crippen molar-refractivity contribution in [2.75, 3.05) is 31.5 Å². The summed E-state index contributed by atoms with van der Waals surface area (Å²) in [4.78, 5) is 12.2. The summed E-state index contributed by atoms with van der Waals surface area (Å²) in [6, 6.07) is 4.61. The van der Waals surface area contributed by atoms with Gasteiger partial charge >= 0.3 is 0 Å². The van der Waals surface area contributed by atoms with Crippen LogP contribution in [0.15, 0.2) is 23.1 Å². The molecule has 0 spiro atoms. The molecule has 1 aromatic rings. The lowest BCUT2D eigenvalue weighted by atomic mass is 10.1. The van der Waals surface area contributed by atoms with E-state index in [1.165, 1.54) is 16.4 Å². The molecule has 2 fully saturated rings. The molecule has 9 heteroatoms. The number of hydrogen-bond donors (Lipinski definition) is 2. The summed E-state index contributed by atoms with van der Waals surface area (Å²) in [5, 5.41) is 6.11. The van der Waals surface area contributed by atoms with E-state index in [1.807, 2.05) is 0 Å². The summed E-state index contributed by atoms with van der Waals surface area (Å²) in [7, 11) is -3.61. The average molecular weight is 394 g/mol. The van der Waals surface area contributed by atoms with Gasteiger partial charge in [-0.15, -0.1) is 12.4 Å². The SMILES string of the molecule is Cl.O=C(Nc1ccc(Cl)c(S(=O)(=O)N2CCCC2)c1)C1CCNC1. The Kier molecular flexibility index (Phi) is 6.50. The van der Waals surface area contributed by atoms with Gasteiger partial charge in [-0.1, -0.05) is 11.6 Å². The second-order valence-corrected chi connectivity index (χ2v) is 8.25. The molecule has 1 amide bonds. The molecule has 0 aliphatic carbocycles. The lowest BCUT2D eigenvalue weighted by Crippen LogP contribution is -2.28. The van der Waals surface area contributed by atoms with E-state index in [9.17, 15) is 13.2 Å². The number of sulfonamides is 1. The van der Waals surface area contributed by atoms with Crippen LogP contribution in [-0.4, -0.2) is 44.8 Å². The minimum absolute atomic E-state index is 0. The topological polar surface area (TPSA) is 78.5 Å². The maximum Gasteiger partial charge on any atom is 0.244 e. The van der Waals surface area contributed by atoms with Crippen LogP contribution in [-0.2, 0) is 14.8 Å². The number of halogens is 2. The zero-order valence-corrected chi connectivity index (χ0v) is 15.5. The number of carbonyl (C=O) groups is 1. The maximum atomic E-state index is 12.7. The fourth-order valence-electron chi connectivity index (χ4n) is 2.97. The van der Waals surface area contributed by atoms with Crippen LogP contribution in [0.3, 0.4) is 0 Å². The van der Waals surface area contributed by atoms with Crippen molar-refractivity contribution >= 4 is 45.6 Å². The standard InChI is InChI=1S/C15H20ClN3O3S.ClH/c16-13-4-3-12(18-15(20)11-5-6-17-10-11)9-14(13)23(21,22)19-7-1-2-8-19;/h3-4,9,11,17H,1-2,5-8,10H2,(H,18,20);1H. The van der Waals surface area contributed by atoms with E-state index in [0.717, 1.165) is 25.8 Å². The normalized spacial score (nSPS) is 21.5. The highest BCUT2D eigenvalue weighted by Crippen LogP contribution is 2.29. The van der Waals surface area contributed by atoms with Crippen LogP contribution in [0.2, 0.25) is 5.02 Å². The smallest absolute Gasteiger partial charge is 0.244 e. The zero-order chi connectivity index (χ0) is 16.4. The molecule has 1 atom stereocenters. The Morgan fingerprint density at radius 1 is 1.29 bits per heavy atom. The molecule has 0 saturated carbocycles. The Labute approximate surface area is 153 Å². The Bertz CT molecular complexity index is 700. The van der Waals surface area contributed by atoms with E-state index in [4.69, 9.17) is 11.6 Å². The molecule has 2 saturated heterocycles. The number of nitrogens with one attached hydrogen (secondary N) is 2. The fourth-order valence-corrected chi connectivity index (χ4v) is 4.99. The predicted molar refractivity (Wildman–Crippen MR) is 96.3 cm³/mol. The van der Waals surface area contributed by atoms with Crippen LogP contribution in [0.5, 0.6) is 0 Å². The lowest BCUT2D eigenvalue weighted by Gasteiger charge is -2.17. The van der Waals surface area contributed by atoms with E-state index < -0.39 is 10.0 Å². The number of nitrogens with zero attached hydrogens (tertiary/aromatic N) is 1. The highest BCUT2D eigenvalue weighted by Gasteiger charge is 2.30. The van der Waals surface area contributed by atoms with Crippen LogP contribution in [0, 0.1) is 5.92 Å². The molecule has 24 heavy (non-hydrogen) atoms. The molecule has 3 rings (SSSR count). The molecule has 2 heterocycles. The van der Waals surface area contributed by atoms with Crippen molar-refractivity contribution in [3.05, 3.63) is 23.2 Å². The van der Waals surface area contributed by atoms with Gasteiger partial charge in [-0.25, -0.2) is 8.42 Å². The molecule has 0 radical (unpaired) electrons. The third-order valence-corrected chi connectivity index (χ3v) is 6.69. The molecule has 2 N–H and O–H groups in total. The van der Waals surface area contributed by atoms with Gasteiger partial charge in [0.1, 0.15) is 4.90 Å². The minimum Gasteiger partial charge on any atom is -0.326 e. The fraction of sp³-hybridized carbons (Fsp3) is 0.533. The van der Waals surface area contributed by atoms with Crippen molar-refractivity contribution in [2.24, 2.45) is 5.92 Å². The van der Waals surface area contributed by atoms with Gasteiger partial charge in [-0.3, -0.25) is 4.79 Å². The van der Waals surface area contributed by atoms with Crippen LogP contribution in [0.25, 0.3) is 0 Å². The molecule has 1 aromatic carbocycles. The predicted octanol–water partition coefficient (Wildman–Crippen LogP) is 2.09. The first kappa shape index (κ1) is 19.5. The molecule has 2 aliphatic heterocycles. The first-order valence-corrected chi connectivity index (χ1v) is 9.61. The number of hydrogen-bond acceptors (Lipinski definition) is 4. The Morgan fingerprint density at radius 3 is 2.62 bits per heavy atom. The highest BCUT2D eigenvalue weighted by molar-refractivity contribution is 7.89. The zero-order valence-electron chi connectivity index (χ0n) is 13.1. The lowest BCUT2D eigenvalue weighted by molar-refractivity contribution is -0.119. The van der Waals surface area contributed by atoms with Crippen molar-refractivity contribution in [1.82, 2.24) is 9.62 Å². The van der Waals surface area contributed by atoms with Crippen molar-refractivity contribution in [3.63, 3.8) is 0 Å². The van der Waals surface area contributed by atoms with E-state index in [-0.39, 0.29) is 34.2 Å². The summed E-state index contributed by atoms with van der Waals surface area (Å²) >= 11 is 6.09. The van der Waals surface area contributed by atoms with Gasteiger partial charge in [-0.2, -0.15) is 4.31 Å². The highest BCUT2D eigenvalue weighted by atomic mass is 35.5. The van der Waals surface area contributed by atoms with Gasteiger partial charge in [-0.05, 0) is 44.0 Å². The number of amides is 1. The van der Waals surface area contributed by atoms with Gasteiger partial charge < -0.3 is 10.6 Å². The Hall–Kier alpha value is -0.860. The van der Waals surface area contributed by atoms with E-state index in [0.29, 0.717) is 25.3 Å². The molecule has 0 aromatic heterocycles. The molecule has 134 valence electrons. The average Bonchev–Trinajstić information content (AvgIpc) is 3.22. The minimum atomic E-state index is -3.61. The summed E-state index contributed by atoms with van der Waals surface area (Å²) < 4.78 is 26.8. The third-order valence-electron chi connectivity index (χ3n) is 4.31. The summed E-state index contributed by atoms with van der Waals surface area (Å²) in [6.07, 6.45) is 2.52. The summed E-state index contributed by atoms with van der Waals surface area (Å²) in [5.74, 6) is -0.175. The Balaban J connectivity index is 0.00000208. The molecular formula is C15H21Cl2N3O3S. The van der Waals surface area contributed by atoms with Gasteiger partial charge in [0.05, 0.1) is 10.9 Å². The van der Waals surface area contributed by atoms with Crippen LogP contribution >= 0.6 is 24.0 Å². The first-order chi connectivity index (χ1) is 11.0. The molecule has 2 aliphatic rings. The van der Waals surface area contributed by atoms with Crippen LogP contribution < -0.4 is 10.6 Å². The van der Waals surface area contributed by atoms with Gasteiger partial charge in [0.15, 0.2) is 0 Å². The van der Waals surface area contributed by atoms with Gasteiger partial charge in [0.25, 0.3) is 0 Å². The monoisotopic (exact) mass is 393 g/mol. The number of carbonyl (C=O) groups excluding carboxylic acids is 1. The van der Waals surface area contributed by atoms with Crippen molar-refractivity contribution < 1.29 is 13.2 Å². The van der Waals surface area contributed by atoms with Gasteiger partial charge in [0.2, 0.25) is 15.9 Å². The summed E-state index contributed by atoms with van der Waals surface area (Å²) in [5.41, 5.74) is 0.462. The molecular weight excluding hydrogens is 373 g/mol. The Morgan fingerprint density at radius 2 is 2.00 bits per heavy atom. The molecule has 6 nitrogen and oxygen atoms in total. The quantitative estimate of drug-likeness (QED) is 0.820. The first-order valence-electron chi connectivity index (χ1n) is 7.80. The molecule has 0 bridgehead atoms. The van der Waals surface area contributed by atoms with Crippen molar-refractivity contribution in [2.45, 2.75) is 24.2 Å². The molecule has 1 unspecified atom stereocenters. The summed E-state index contributed by atoms with van der Waals surface area (Å²) in [6.45, 7) is 2.51. The third kappa shape index (κ3) is 4.03. The van der Waals surface area contributed by atoms with Crippen LogP contribution in [0.1, 0.15) is 19.3 Å². The van der Waals surface area contributed by atoms with E-state index in [1.54, 1.807) is 6.07 Å². The number of rotatable bonds is 4. The second-order valence-electron chi connectivity index (χ2n) is 5.94. The van der Waals surface area contributed by atoms with E-state index >= 15 is 0 Å². The van der Waals surface area contributed by atoms with Crippen LogP contribution in [0.4, 0.5) is 5.69 Å². The largest absolute Gasteiger partial charge is 0.326 e. The number of anilines is 1. The van der Waals surface area contributed by atoms with Crippen molar-refractivity contribution in [3.8, 4) is 0 Å². The van der Waals surface area contributed by atoms with Crippen molar-refractivity contribution in [1.29, 1.82) is 0 Å². The van der Waals surface area contributed by atoms with Gasteiger partial charge in [0, 0.05) is 25.3 Å².